The van der Waals surface area contributed by atoms with Crippen LogP contribution in [0.15, 0.2) is 59.0 Å². The van der Waals surface area contributed by atoms with E-state index in [0.29, 0.717) is 6.42 Å². The van der Waals surface area contributed by atoms with E-state index in [1.165, 1.54) is 12.1 Å². The van der Waals surface area contributed by atoms with E-state index in [0.717, 1.165) is 22.3 Å². The lowest BCUT2D eigenvalue weighted by Crippen LogP contribution is -1.94. The van der Waals surface area contributed by atoms with Crippen LogP contribution in [-0.2, 0) is 6.42 Å². The first kappa shape index (κ1) is 13.8. The molecule has 3 rings (SSSR count). The Labute approximate surface area is 129 Å². The molecule has 1 unspecified atom stereocenters. The monoisotopic (exact) mass is 345 g/mol. The van der Waals surface area contributed by atoms with E-state index in [1.807, 2.05) is 30.3 Å². The molecule has 1 heterocycles. The van der Waals surface area contributed by atoms with Crippen molar-refractivity contribution < 1.29 is 9.34 Å². The summed E-state index contributed by atoms with van der Waals surface area (Å²) in [7, 11) is 0. The minimum atomic E-state index is -0.394. The molecule has 0 bridgehead atoms. The predicted octanol–water partition coefficient (Wildman–Crippen LogP) is 5.02. The van der Waals surface area contributed by atoms with Crippen molar-refractivity contribution in [1.29, 1.82) is 0 Å². The smallest absolute Gasteiger partial charge is 0.269 e. The summed E-state index contributed by atoms with van der Waals surface area (Å²) >= 11 is 3.62. The number of hydrogen-bond acceptors (Lipinski definition) is 3. The van der Waals surface area contributed by atoms with Crippen LogP contribution in [0.4, 0.5) is 5.69 Å². The predicted molar refractivity (Wildman–Crippen MR) is 84.7 cm³/mol. The Kier molecular flexibility index (Phi) is 3.75. The standard InChI is InChI=1S/C16H12BrNO3/c17-14(9-11-5-7-13(8-6-11)18(19)20)16-10-12-3-1-2-4-15(12)21-16/h1-8,10,14H,9H2. The number of para-hydroxylation sites is 1. The molecule has 1 atom stereocenters. The molecule has 0 aliphatic carbocycles. The Balaban J connectivity index is 1.78. The van der Waals surface area contributed by atoms with Gasteiger partial charge in [0.25, 0.3) is 5.69 Å². The highest BCUT2D eigenvalue weighted by molar-refractivity contribution is 9.09. The molecule has 0 saturated heterocycles. The van der Waals surface area contributed by atoms with Gasteiger partial charge in [0, 0.05) is 17.5 Å². The van der Waals surface area contributed by atoms with Crippen molar-refractivity contribution in [1.82, 2.24) is 0 Å². The molecule has 0 fully saturated rings. The highest BCUT2D eigenvalue weighted by atomic mass is 79.9. The number of fused-ring (bicyclic) bond motifs is 1. The summed E-state index contributed by atoms with van der Waals surface area (Å²) in [6.45, 7) is 0. The fraction of sp³-hybridized carbons (Fsp3) is 0.125. The molecule has 0 aliphatic heterocycles. The number of nitro groups is 1. The molecule has 106 valence electrons. The van der Waals surface area contributed by atoms with Gasteiger partial charge < -0.3 is 4.42 Å². The van der Waals surface area contributed by atoms with Gasteiger partial charge in [-0.15, -0.1) is 0 Å². The molecular weight excluding hydrogens is 334 g/mol. The lowest BCUT2D eigenvalue weighted by Gasteiger charge is -2.06. The van der Waals surface area contributed by atoms with Crippen LogP contribution >= 0.6 is 15.9 Å². The van der Waals surface area contributed by atoms with E-state index >= 15 is 0 Å². The van der Waals surface area contributed by atoms with Crippen molar-refractivity contribution in [3.8, 4) is 0 Å². The molecule has 3 aromatic rings. The molecule has 5 heteroatoms. The summed E-state index contributed by atoms with van der Waals surface area (Å²) in [5.74, 6) is 0.856. The number of nitro benzene ring substituents is 1. The van der Waals surface area contributed by atoms with Gasteiger partial charge in [0.1, 0.15) is 11.3 Å². The first-order chi connectivity index (χ1) is 10.1. The normalized spacial score (nSPS) is 12.4. The van der Waals surface area contributed by atoms with Crippen molar-refractivity contribution in [2.24, 2.45) is 0 Å². The van der Waals surface area contributed by atoms with Crippen LogP contribution in [0.2, 0.25) is 0 Å². The topological polar surface area (TPSA) is 56.3 Å². The third kappa shape index (κ3) is 2.97. The molecular formula is C16H12BrNO3. The van der Waals surface area contributed by atoms with Crippen molar-refractivity contribution in [3.63, 3.8) is 0 Å². The molecule has 1 aromatic heterocycles. The number of hydrogen-bond donors (Lipinski definition) is 0. The minimum absolute atomic E-state index is 0.0337. The minimum Gasteiger partial charge on any atom is -0.460 e. The van der Waals surface area contributed by atoms with E-state index in [1.54, 1.807) is 12.1 Å². The van der Waals surface area contributed by atoms with Gasteiger partial charge in [0.15, 0.2) is 0 Å². The van der Waals surface area contributed by atoms with Gasteiger partial charge in [0.2, 0.25) is 0 Å². The van der Waals surface area contributed by atoms with Crippen LogP contribution in [0.25, 0.3) is 11.0 Å². The second-order valence-corrected chi connectivity index (χ2v) is 5.89. The summed E-state index contributed by atoms with van der Waals surface area (Å²) in [6, 6.07) is 16.5. The van der Waals surface area contributed by atoms with Crippen LogP contribution in [0, 0.1) is 10.1 Å². The maximum absolute atomic E-state index is 10.6. The molecule has 0 N–H and O–H groups in total. The zero-order chi connectivity index (χ0) is 14.8. The van der Waals surface area contributed by atoms with E-state index in [2.05, 4.69) is 15.9 Å². The maximum Gasteiger partial charge on any atom is 0.269 e. The second kappa shape index (κ2) is 5.69. The molecule has 0 spiro atoms. The molecule has 0 aliphatic rings. The molecule has 0 radical (unpaired) electrons. The highest BCUT2D eigenvalue weighted by Crippen LogP contribution is 2.32. The average molecular weight is 346 g/mol. The quantitative estimate of drug-likeness (QED) is 0.379. The Morgan fingerprint density at radius 3 is 2.52 bits per heavy atom. The molecule has 2 aromatic carbocycles. The zero-order valence-electron chi connectivity index (χ0n) is 11.0. The third-order valence-electron chi connectivity index (χ3n) is 3.32. The SMILES string of the molecule is O=[N+]([O-])c1ccc(CC(Br)c2cc3ccccc3o2)cc1. The summed E-state index contributed by atoms with van der Waals surface area (Å²) in [6.07, 6.45) is 0.706. The Bertz CT molecular complexity index is 747. The second-order valence-electron chi connectivity index (χ2n) is 4.78. The maximum atomic E-state index is 10.6. The first-order valence-corrected chi connectivity index (χ1v) is 7.41. The number of nitrogens with zero attached hydrogens (tertiary/aromatic N) is 1. The number of alkyl halides is 1. The fourth-order valence-electron chi connectivity index (χ4n) is 2.22. The lowest BCUT2D eigenvalue weighted by molar-refractivity contribution is -0.384. The van der Waals surface area contributed by atoms with Gasteiger partial charge >= 0.3 is 0 Å². The zero-order valence-corrected chi connectivity index (χ0v) is 12.6. The Hall–Kier alpha value is -2.14. The van der Waals surface area contributed by atoms with Crippen LogP contribution in [0.5, 0.6) is 0 Å². The molecule has 21 heavy (non-hydrogen) atoms. The van der Waals surface area contributed by atoms with E-state index < -0.39 is 4.92 Å². The Morgan fingerprint density at radius 2 is 1.86 bits per heavy atom. The Morgan fingerprint density at radius 1 is 1.14 bits per heavy atom. The number of non-ortho nitro benzene ring substituents is 1. The van der Waals surface area contributed by atoms with Gasteiger partial charge in [-0.2, -0.15) is 0 Å². The largest absolute Gasteiger partial charge is 0.460 e. The highest BCUT2D eigenvalue weighted by Gasteiger charge is 2.14. The van der Waals surface area contributed by atoms with Crippen LogP contribution in [0.1, 0.15) is 16.2 Å². The molecule has 0 saturated carbocycles. The van der Waals surface area contributed by atoms with Crippen LogP contribution < -0.4 is 0 Å². The van der Waals surface area contributed by atoms with E-state index in [-0.39, 0.29) is 10.5 Å². The molecule has 0 amide bonds. The van der Waals surface area contributed by atoms with Crippen molar-refractivity contribution >= 4 is 32.6 Å². The summed E-state index contributed by atoms with van der Waals surface area (Å²) in [4.78, 5) is 10.3. The third-order valence-corrected chi connectivity index (χ3v) is 4.09. The number of benzene rings is 2. The van der Waals surface area contributed by atoms with Crippen molar-refractivity contribution in [2.75, 3.05) is 0 Å². The fourth-order valence-corrected chi connectivity index (χ4v) is 2.82. The van der Waals surface area contributed by atoms with E-state index in [9.17, 15) is 10.1 Å². The van der Waals surface area contributed by atoms with Gasteiger partial charge in [-0.05, 0) is 24.1 Å². The number of furan rings is 1. The van der Waals surface area contributed by atoms with Gasteiger partial charge in [-0.1, -0.05) is 46.3 Å². The summed E-state index contributed by atoms with van der Waals surface area (Å²) < 4.78 is 5.81. The number of halogens is 1. The van der Waals surface area contributed by atoms with Crippen molar-refractivity contribution in [2.45, 2.75) is 11.2 Å². The van der Waals surface area contributed by atoms with Gasteiger partial charge in [-0.25, -0.2) is 0 Å². The summed E-state index contributed by atoms with van der Waals surface area (Å²) in [5.41, 5.74) is 1.98. The van der Waals surface area contributed by atoms with Gasteiger partial charge in [-0.3, -0.25) is 10.1 Å². The van der Waals surface area contributed by atoms with E-state index in [4.69, 9.17) is 4.42 Å². The van der Waals surface area contributed by atoms with Crippen molar-refractivity contribution in [3.05, 3.63) is 76.0 Å². The number of rotatable bonds is 4. The summed E-state index contributed by atoms with van der Waals surface area (Å²) in [5, 5.41) is 11.7. The lowest BCUT2D eigenvalue weighted by atomic mass is 10.1. The average Bonchev–Trinajstić information content (AvgIpc) is 2.92. The molecule has 4 nitrogen and oxygen atoms in total. The van der Waals surface area contributed by atoms with Crippen LogP contribution in [-0.4, -0.2) is 4.92 Å². The van der Waals surface area contributed by atoms with Gasteiger partial charge in [0.05, 0.1) is 9.75 Å². The van der Waals surface area contributed by atoms with Crippen LogP contribution in [0.3, 0.4) is 0 Å². The first-order valence-electron chi connectivity index (χ1n) is 6.49.